The van der Waals surface area contributed by atoms with Gasteiger partial charge in [-0.05, 0) is 61.7 Å². The zero-order valence-electron chi connectivity index (χ0n) is 16.7. The van der Waals surface area contributed by atoms with E-state index in [1.807, 2.05) is 26.0 Å². The predicted octanol–water partition coefficient (Wildman–Crippen LogP) is 5.33. The van der Waals surface area contributed by atoms with Gasteiger partial charge in [0.1, 0.15) is 11.6 Å². The molecule has 0 heterocycles. The van der Waals surface area contributed by atoms with Gasteiger partial charge in [0, 0.05) is 16.3 Å². The van der Waals surface area contributed by atoms with Gasteiger partial charge >= 0.3 is 0 Å². The molecule has 0 radical (unpaired) electrons. The van der Waals surface area contributed by atoms with Crippen LogP contribution in [0.1, 0.15) is 23.6 Å². The SMILES string of the molecule is C=CCc1cc(/C=C(/C#N)C(=O)Nc2ccc(C)c(Cl)c2)cc(OCC)c1OC. The van der Waals surface area contributed by atoms with Crippen molar-refractivity contribution in [3.05, 3.63) is 70.3 Å². The van der Waals surface area contributed by atoms with E-state index in [0.29, 0.717) is 40.8 Å². The number of amides is 1. The number of carbonyl (C=O) groups is 1. The normalized spacial score (nSPS) is 10.8. The van der Waals surface area contributed by atoms with Crippen LogP contribution >= 0.6 is 11.6 Å². The van der Waals surface area contributed by atoms with E-state index in [4.69, 9.17) is 21.1 Å². The molecular formula is C23H23ClN2O3. The van der Waals surface area contributed by atoms with Gasteiger partial charge < -0.3 is 14.8 Å². The highest BCUT2D eigenvalue weighted by atomic mass is 35.5. The molecule has 2 aromatic carbocycles. The van der Waals surface area contributed by atoms with Crippen LogP contribution in [-0.2, 0) is 11.2 Å². The molecule has 0 unspecified atom stereocenters. The Morgan fingerprint density at radius 3 is 2.69 bits per heavy atom. The second-order valence-electron chi connectivity index (χ2n) is 6.23. The molecular weight excluding hydrogens is 388 g/mol. The van der Waals surface area contributed by atoms with Gasteiger partial charge in [0.2, 0.25) is 0 Å². The fraction of sp³-hybridized carbons (Fsp3) is 0.217. The molecule has 5 nitrogen and oxygen atoms in total. The van der Waals surface area contributed by atoms with E-state index in [9.17, 15) is 10.1 Å². The van der Waals surface area contributed by atoms with E-state index in [0.717, 1.165) is 11.1 Å². The van der Waals surface area contributed by atoms with Crippen molar-refractivity contribution in [2.75, 3.05) is 19.0 Å². The zero-order chi connectivity index (χ0) is 21.4. The topological polar surface area (TPSA) is 71.4 Å². The number of carbonyl (C=O) groups excluding carboxylic acids is 1. The highest BCUT2D eigenvalue weighted by Gasteiger charge is 2.14. The van der Waals surface area contributed by atoms with Crippen LogP contribution in [0, 0.1) is 18.3 Å². The number of nitriles is 1. The third kappa shape index (κ3) is 5.63. The second-order valence-corrected chi connectivity index (χ2v) is 6.63. The summed E-state index contributed by atoms with van der Waals surface area (Å²) in [4.78, 5) is 12.6. The molecule has 29 heavy (non-hydrogen) atoms. The highest BCUT2D eigenvalue weighted by Crippen LogP contribution is 2.34. The minimum absolute atomic E-state index is 0.0427. The Bertz CT molecular complexity index is 990. The average molecular weight is 411 g/mol. The number of halogens is 1. The fourth-order valence-electron chi connectivity index (χ4n) is 2.75. The molecule has 0 atom stereocenters. The Morgan fingerprint density at radius 2 is 2.10 bits per heavy atom. The van der Waals surface area contributed by atoms with Gasteiger partial charge in [-0.25, -0.2) is 0 Å². The van der Waals surface area contributed by atoms with E-state index in [1.54, 1.807) is 37.5 Å². The van der Waals surface area contributed by atoms with Crippen molar-refractivity contribution < 1.29 is 14.3 Å². The predicted molar refractivity (Wildman–Crippen MR) is 116 cm³/mol. The van der Waals surface area contributed by atoms with Gasteiger partial charge in [-0.15, -0.1) is 6.58 Å². The molecule has 0 aliphatic carbocycles. The average Bonchev–Trinajstić information content (AvgIpc) is 2.69. The first kappa shape index (κ1) is 22.1. The van der Waals surface area contributed by atoms with Crippen LogP contribution in [-0.4, -0.2) is 19.6 Å². The summed E-state index contributed by atoms with van der Waals surface area (Å²) >= 11 is 6.10. The number of rotatable bonds is 8. The molecule has 1 amide bonds. The van der Waals surface area contributed by atoms with Gasteiger partial charge in [0.05, 0.1) is 13.7 Å². The summed E-state index contributed by atoms with van der Waals surface area (Å²) in [5.74, 6) is 0.635. The van der Waals surface area contributed by atoms with Gasteiger partial charge in [0.25, 0.3) is 5.91 Å². The van der Waals surface area contributed by atoms with Crippen molar-refractivity contribution in [3.63, 3.8) is 0 Å². The number of aryl methyl sites for hydroxylation is 1. The lowest BCUT2D eigenvalue weighted by Gasteiger charge is -2.14. The van der Waals surface area contributed by atoms with Crippen LogP contribution < -0.4 is 14.8 Å². The standard InChI is InChI=1S/C23H23ClN2O3/c1-5-7-17-10-16(12-21(29-6-2)22(17)28-4)11-18(14-25)23(27)26-19-9-8-15(3)20(24)13-19/h5,8-13H,1,6-7H2,2-4H3,(H,26,27)/b18-11-. The van der Waals surface area contributed by atoms with Crippen molar-refractivity contribution in [1.82, 2.24) is 0 Å². The lowest BCUT2D eigenvalue weighted by Crippen LogP contribution is -2.13. The van der Waals surface area contributed by atoms with Crippen molar-refractivity contribution in [2.45, 2.75) is 20.3 Å². The number of allylic oxidation sites excluding steroid dienone is 1. The van der Waals surface area contributed by atoms with E-state index < -0.39 is 5.91 Å². The van der Waals surface area contributed by atoms with Crippen LogP contribution in [0.5, 0.6) is 11.5 Å². The molecule has 0 fully saturated rings. The number of nitrogens with zero attached hydrogens (tertiary/aromatic N) is 1. The largest absolute Gasteiger partial charge is 0.493 e. The smallest absolute Gasteiger partial charge is 0.266 e. The first-order chi connectivity index (χ1) is 13.9. The highest BCUT2D eigenvalue weighted by molar-refractivity contribution is 6.31. The van der Waals surface area contributed by atoms with Crippen molar-refractivity contribution in [2.24, 2.45) is 0 Å². The van der Waals surface area contributed by atoms with Crippen molar-refractivity contribution in [3.8, 4) is 17.6 Å². The molecule has 0 aliphatic heterocycles. The summed E-state index contributed by atoms with van der Waals surface area (Å²) in [5.41, 5.74) is 2.88. The summed E-state index contributed by atoms with van der Waals surface area (Å²) in [6.07, 6.45) is 3.82. The number of hydrogen-bond donors (Lipinski definition) is 1. The summed E-state index contributed by atoms with van der Waals surface area (Å²) in [7, 11) is 1.57. The summed E-state index contributed by atoms with van der Waals surface area (Å²) < 4.78 is 11.1. The molecule has 2 aromatic rings. The third-order valence-corrected chi connectivity index (χ3v) is 4.54. The lowest BCUT2D eigenvalue weighted by atomic mass is 10.0. The second kappa shape index (κ2) is 10.4. The first-order valence-corrected chi connectivity index (χ1v) is 9.45. The van der Waals surface area contributed by atoms with Gasteiger partial charge in [0.15, 0.2) is 11.5 Å². The van der Waals surface area contributed by atoms with Crippen LogP contribution in [0.4, 0.5) is 5.69 Å². The summed E-state index contributed by atoms with van der Waals surface area (Å²) in [6.45, 7) is 7.96. The van der Waals surface area contributed by atoms with Crippen LogP contribution in [0.15, 0.2) is 48.6 Å². The molecule has 0 aromatic heterocycles. The molecule has 1 N–H and O–H groups in total. The lowest BCUT2D eigenvalue weighted by molar-refractivity contribution is -0.112. The maximum absolute atomic E-state index is 12.6. The van der Waals surface area contributed by atoms with E-state index in [2.05, 4.69) is 11.9 Å². The maximum Gasteiger partial charge on any atom is 0.266 e. The van der Waals surface area contributed by atoms with E-state index >= 15 is 0 Å². The Hall–Kier alpha value is -3.23. The molecule has 2 rings (SSSR count). The molecule has 150 valence electrons. The fourth-order valence-corrected chi connectivity index (χ4v) is 2.93. The number of hydrogen-bond acceptors (Lipinski definition) is 4. The van der Waals surface area contributed by atoms with Crippen LogP contribution in [0.3, 0.4) is 0 Å². The summed E-state index contributed by atoms with van der Waals surface area (Å²) in [5, 5.41) is 12.7. The Kier molecular flexibility index (Phi) is 7.88. The Morgan fingerprint density at radius 1 is 1.34 bits per heavy atom. The van der Waals surface area contributed by atoms with E-state index in [1.165, 1.54) is 6.08 Å². The molecule has 0 saturated heterocycles. The number of methoxy groups -OCH3 is 1. The Labute approximate surface area is 176 Å². The number of nitrogens with one attached hydrogen (secondary N) is 1. The van der Waals surface area contributed by atoms with Crippen molar-refractivity contribution >= 4 is 29.3 Å². The molecule has 0 aliphatic rings. The molecule has 0 spiro atoms. The van der Waals surface area contributed by atoms with Crippen LogP contribution in [0.2, 0.25) is 5.02 Å². The van der Waals surface area contributed by atoms with Crippen LogP contribution in [0.25, 0.3) is 6.08 Å². The number of anilines is 1. The number of ether oxygens (including phenoxy) is 2. The Balaban J connectivity index is 2.40. The van der Waals surface area contributed by atoms with Gasteiger partial charge in [-0.2, -0.15) is 5.26 Å². The minimum atomic E-state index is -0.522. The maximum atomic E-state index is 12.6. The monoisotopic (exact) mass is 410 g/mol. The van der Waals surface area contributed by atoms with Gasteiger partial charge in [-0.1, -0.05) is 23.7 Å². The quantitative estimate of drug-likeness (QED) is 0.362. The third-order valence-electron chi connectivity index (χ3n) is 4.13. The molecule has 0 bridgehead atoms. The summed E-state index contributed by atoms with van der Waals surface area (Å²) in [6, 6.07) is 10.7. The van der Waals surface area contributed by atoms with E-state index in [-0.39, 0.29) is 5.57 Å². The minimum Gasteiger partial charge on any atom is -0.493 e. The molecule has 6 heteroatoms. The van der Waals surface area contributed by atoms with Crippen molar-refractivity contribution in [1.29, 1.82) is 5.26 Å². The zero-order valence-corrected chi connectivity index (χ0v) is 17.5. The van der Waals surface area contributed by atoms with Gasteiger partial charge in [-0.3, -0.25) is 4.79 Å². The number of benzene rings is 2. The first-order valence-electron chi connectivity index (χ1n) is 9.07. The molecule has 0 saturated carbocycles.